The first-order valence-electron chi connectivity index (χ1n) is 9.86. The van der Waals surface area contributed by atoms with Crippen molar-refractivity contribution in [2.45, 2.75) is 31.5 Å². The van der Waals surface area contributed by atoms with Crippen molar-refractivity contribution in [3.63, 3.8) is 0 Å². The van der Waals surface area contributed by atoms with Crippen LogP contribution < -0.4 is 5.32 Å². The number of hydrogen-bond donors (Lipinski definition) is 1. The molecule has 0 aromatic heterocycles. The van der Waals surface area contributed by atoms with Crippen LogP contribution in [0, 0.1) is 5.92 Å². The molecule has 0 saturated carbocycles. The number of amides is 1. The van der Waals surface area contributed by atoms with Gasteiger partial charge in [0.25, 0.3) is 0 Å². The highest BCUT2D eigenvalue weighted by Crippen LogP contribution is 2.29. The van der Waals surface area contributed by atoms with E-state index in [1.807, 2.05) is 24.1 Å². The van der Waals surface area contributed by atoms with Gasteiger partial charge in [0.2, 0.25) is 5.91 Å². The molecule has 2 heterocycles. The van der Waals surface area contributed by atoms with E-state index in [-0.39, 0.29) is 11.9 Å². The highest BCUT2D eigenvalue weighted by Gasteiger charge is 2.30. The Kier molecular flexibility index (Phi) is 6.78. The number of likely N-dealkylation sites (tertiary alicyclic amines) is 1. The minimum absolute atomic E-state index is 0.112. The smallest absolute Gasteiger partial charge is 0.344 e. The van der Waals surface area contributed by atoms with Gasteiger partial charge in [0.1, 0.15) is 6.04 Å². The Hall–Kier alpha value is -1.86. The van der Waals surface area contributed by atoms with Gasteiger partial charge in [-0.1, -0.05) is 30.4 Å². The van der Waals surface area contributed by atoms with Gasteiger partial charge in [-0.05, 0) is 49.9 Å². The summed E-state index contributed by atoms with van der Waals surface area (Å²) in [7, 11) is 1.86. The van der Waals surface area contributed by atoms with E-state index in [2.05, 4.69) is 10.2 Å². The molecular formula is C21H28F3N3O. The van der Waals surface area contributed by atoms with Crippen molar-refractivity contribution in [3.8, 4) is 0 Å². The molecule has 0 radical (unpaired) electrons. The zero-order valence-corrected chi connectivity index (χ0v) is 16.2. The van der Waals surface area contributed by atoms with Gasteiger partial charge in [-0.15, -0.1) is 0 Å². The van der Waals surface area contributed by atoms with E-state index < -0.39 is 11.7 Å². The molecule has 7 heteroatoms. The number of carbonyl (C=O) groups is 1. The largest absolute Gasteiger partial charge is 0.416 e. The van der Waals surface area contributed by atoms with Crippen molar-refractivity contribution in [2.75, 3.05) is 39.8 Å². The minimum atomic E-state index is -4.29. The number of carbonyl (C=O) groups excluding carboxylic acids is 1. The van der Waals surface area contributed by atoms with Gasteiger partial charge >= 0.3 is 6.18 Å². The van der Waals surface area contributed by atoms with Crippen LogP contribution in [0.25, 0.3) is 0 Å². The highest BCUT2D eigenvalue weighted by molar-refractivity contribution is 5.84. The zero-order chi connectivity index (χ0) is 20.1. The fourth-order valence-corrected chi connectivity index (χ4v) is 3.93. The number of rotatable bonds is 6. The average molecular weight is 395 g/mol. The molecular weight excluding hydrogens is 367 g/mol. The number of benzene rings is 1. The zero-order valence-electron chi connectivity index (χ0n) is 16.2. The molecule has 4 nitrogen and oxygen atoms in total. The second-order valence-corrected chi connectivity index (χ2v) is 7.77. The average Bonchev–Trinajstić information content (AvgIpc) is 3.21. The van der Waals surface area contributed by atoms with Crippen LogP contribution in [0.3, 0.4) is 0 Å². The van der Waals surface area contributed by atoms with Gasteiger partial charge in [-0.3, -0.25) is 10.1 Å². The Balaban J connectivity index is 1.41. The maximum absolute atomic E-state index is 12.8. The van der Waals surface area contributed by atoms with Crippen molar-refractivity contribution >= 4 is 5.91 Å². The summed E-state index contributed by atoms with van der Waals surface area (Å²) in [6.07, 6.45) is 2.23. The topological polar surface area (TPSA) is 35.6 Å². The third-order valence-electron chi connectivity index (χ3n) is 5.64. The van der Waals surface area contributed by atoms with Crippen LogP contribution in [0.1, 0.15) is 24.0 Å². The Morgan fingerprint density at radius 1 is 1.29 bits per heavy atom. The molecule has 1 aromatic rings. The fourth-order valence-electron chi connectivity index (χ4n) is 3.93. The van der Waals surface area contributed by atoms with Crippen LogP contribution in [0.15, 0.2) is 36.4 Å². The van der Waals surface area contributed by atoms with Crippen molar-refractivity contribution < 1.29 is 18.0 Å². The number of hydrogen-bond acceptors (Lipinski definition) is 3. The normalized spacial score (nSPS) is 21.2. The molecule has 1 fully saturated rings. The summed E-state index contributed by atoms with van der Waals surface area (Å²) in [6.45, 7) is 4.11. The first kappa shape index (κ1) is 20.9. The maximum atomic E-state index is 12.8. The van der Waals surface area contributed by atoms with E-state index in [1.165, 1.54) is 12.1 Å². The summed E-state index contributed by atoms with van der Waals surface area (Å²) in [6, 6.07) is 5.40. The van der Waals surface area contributed by atoms with E-state index in [9.17, 15) is 18.0 Å². The second-order valence-electron chi connectivity index (χ2n) is 7.77. The number of nitrogens with one attached hydrogen (secondary N) is 1. The van der Waals surface area contributed by atoms with Crippen LogP contribution >= 0.6 is 0 Å². The lowest BCUT2D eigenvalue weighted by atomic mass is 9.95. The first-order chi connectivity index (χ1) is 13.3. The minimum Gasteiger partial charge on any atom is -0.344 e. The highest BCUT2D eigenvalue weighted by atomic mass is 19.4. The van der Waals surface area contributed by atoms with Gasteiger partial charge in [-0.2, -0.15) is 13.2 Å². The Morgan fingerprint density at radius 2 is 2.04 bits per heavy atom. The molecule has 0 unspecified atom stereocenters. The Morgan fingerprint density at radius 3 is 2.68 bits per heavy atom. The third kappa shape index (κ3) is 5.58. The number of likely N-dealkylation sites (N-methyl/N-ethyl adjacent to an activating group) is 1. The van der Waals surface area contributed by atoms with Crippen LogP contribution in [0.4, 0.5) is 13.2 Å². The number of halogens is 3. The van der Waals surface area contributed by atoms with E-state index in [1.54, 1.807) is 6.07 Å². The molecule has 2 aliphatic heterocycles. The van der Waals surface area contributed by atoms with Gasteiger partial charge in [0.15, 0.2) is 0 Å². The molecule has 1 amide bonds. The van der Waals surface area contributed by atoms with E-state index in [0.29, 0.717) is 12.3 Å². The summed E-state index contributed by atoms with van der Waals surface area (Å²) in [5, 5.41) is 3.15. The van der Waals surface area contributed by atoms with Crippen LogP contribution in [-0.2, 0) is 17.4 Å². The van der Waals surface area contributed by atoms with Crippen LogP contribution in [0.2, 0.25) is 0 Å². The first-order valence-corrected chi connectivity index (χ1v) is 9.86. The lowest BCUT2D eigenvalue weighted by molar-refractivity contribution is -0.137. The summed E-state index contributed by atoms with van der Waals surface area (Å²) in [5.41, 5.74) is 0.141. The number of alkyl halides is 3. The summed E-state index contributed by atoms with van der Waals surface area (Å²) < 4.78 is 38.5. The SMILES string of the molecule is CN(CC1CCN(CCc2cccc(C(F)(F)F)c2)CC1)C(=O)[C@@H]1C=CCN1. The van der Waals surface area contributed by atoms with Gasteiger partial charge in [0.05, 0.1) is 5.56 Å². The predicted octanol–water partition coefficient (Wildman–Crippen LogP) is 2.95. The van der Waals surface area contributed by atoms with E-state index in [0.717, 1.165) is 57.2 Å². The summed E-state index contributed by atoms with van der Waals surface area (Å²) >= 11 is 0. The molecule has 3 rings (SSSR count). The molecule has 154 valence electrons. The molecule has 0 bridgehead atoms. The quantitative estimate of drug-likeness (QED) is 0.753. The van der Waals surface area contributed by atoms with Crippen molar-refractivity contribution in [3.05, 3.63) is 47.5 Å². The van der Waals surface area contributed by atoms with Crippen LogP contribution in [-0.4, -0.2) is 61.5 Å². The molecule has 1 N–H and O–H groups in total. The second kappa shape index (κ2) is 9.09. The monoisotopic (exact) mass is 395 g/mol. The number of piperidine rings is 1. The molecule has 1 aromatic carbocycles. The van der Waals surface area contributed by atoms with Crippen LogP contribution in [0.5, 0.6) is 0 Å². The van der Waals surface area contributed by atoms with Gasteiger partial charge in [0, 0.05) is 26.7 Å². The lowest BCUT2D eigenvalue weighted by Gasteiger charge is -2.34. The molecule has 1 atom stereocenters. The fraction of sp³-hybridized carbons (Fsp3) is 0.571. The third-order valence-corrected chi connectivity index (χ3v) is 5.64. The number of nitrogens with zero attached hydrogens (tertiary/aromatic N) is 2. The summed E-state index contributed by atoms with van der Waals surface area (Å²) in [5.74, 6) is 0.588. The Bertz CT molecular complexity index is 696. The molecule has 0 aliphatic carbocycles. The van der Waals surface area contributed by atoms with Gasteiger partial charge < -0.3 is 9.80 Å². The molecule has 28 heavy (non-hydrogen) atoms. The Labute approximate surface area is 164 Å². The van der Waals surface area contributed by atoms with Crippen molar-refractivity contribution in [1.29, 1.82) is 0 Å². The maximum Gasteiger partial charge on any atom is 0.416 e. The standard InChI is InChI=1S/C21H28F3N3O/c1-26(20(28)19-6-3-10-25-19)15-17-8-12-27(13-9-17)11-7-16-4-2-5-18(14-16)21(22,23)24/h2-6,14,17,19,25H,7-13,15H2,1H3/t19-/m0/s1. The van der Waals surface area contributed by atoms with Crippen molar-refractivity contribution in [2.24, 2.45) is 5.92 Å². The predicted molar refractivity (Wildman–Crippen MR) is 103 cm³/mol. The van der Waals surface area contributed by atoms with E-state index in [4.69, 9.17) is 0 Å². The van der Waals surface area contributed by atoms with Gasteiger partial charge in [-0.25, -0.2) is 0 Å². The molecule has 0 spiro atoms. The molecule has 1 saturated heterocycles. The molecule has 2 aliphatic rings. The van der Waals surface area contributed by atoms with E-state index >= 15 is 0 Å². The lowest BCUT2D eigenvalue weighted by Crippen LogP contribution is -2.45. The summed E-state index contributed by atoms with van der Waals surface area (Å²) in [4.78, 5) is 16.5. The van der Waals surface area contributed by atoms with Crippen molar-refractivity contribution in [1.82, 2.24) is 15.1 Å².